The first kappa shape index (κ1) is 14.5. The Balaban J connectivity index is 1.57. The summed E-state index contributed by atoms with van der Waals surface area (Å²) in [5.74, 6) is -0.214. The zero-order chi connectivity index (χ0) is 16.4. The molecule has 24 heavy (non-hydrogen) atoms. The summed E-state index contributed by atoms with van der Waals surface area (Å²) in [7, 11) is 0. The normalized spacial score (nSPS) is 10.7. The highest BCUT2D eigenvalue weighted by Gasteiger charge is 2.00. The van der Waals surface area contributed by atoms with Crippen molar-refractivity contribution in [2.75, 3.05) is 5.32 Å². The average molecular weight is 313 g/mol. The fraction of sp³-hybridized carbons (Fsp3) is 0. The first-order chi connectivity index (χ1) is 11.8. The van der Waals surface area contributed by atoms with Crippen molar-refractivity contribution < 1.29 is 4.39 Å². The SMILES string of the molecule is Fc1ccc(-c2ccc(Nc3ccc4ccccc4c3)cc2)cc1. The Bertz CT molecular complexity index is 973. The van der Waals surface area contributed by atoms with Crippen LogP contribution in [0.1, 0.15) is 0 Å². The molecule has 0 amide bonds. The van der Waals surface area contributed by atoms with Crippen LogP contribution in [0.5, 0.6) is 0 Å². The van der Waals surface area contributed by atoms with E-state index < -0.39 is 0 Å². The van der Waals surface area contributed by atoms with Crippen molar-refractivity contribution in [3.8, 4) is 11.1 Å². The molecule has 2 heteroatoms. The summed E-state index contributed by atoms with van der Waals surface area (Å²) < 4.78 is 13.0. The predicted octanol–water partition coefficient (Wildman–Crippen LogP) is 6.39. The van der Waals surface area contributed by atoms with Gasteiger partial charge in [-0.25, -0.2) is 4.39 Å². The van der Waals surface area contributed by atoms with Crippen LogP contribution in [0.25, 0.3) is 21.9 Å². The zero-order valence-corrected chi connectivity index (χ0v) is 13.0. The van der Waals surface area contributed by atoms with Crippen molar-refractivity contribution in [1.82, 2.24) is 0 Å². The van der Waals surface area contributed by atoms with Crippen LogP contribution in [0.2, 0.25) is 0 Å². The molecule has 1 nitrogen and oxygen atoms in total. The van der Waals surface area contributed by atoms with Crippen LogP contribution in [0.3, 0.4) is 0 Å². The maximum atomic E-state index is 13.0. The van der Waals surface area contributed by atoms with Crippen molar-refractivity contribution in [3.63, 3.8) is 0 Å². The third-order valence-electron chi connectivity index (χ3n) is 4.10. The second kappa shape index (κ2) is 6.17. The van der Waals surface area contributed by atoms with Gasteiger partial charge in [0, 0.05) is 11.4 Å². The first-order valence-corrected chi connectivity index (χ1v) is 7.90. The van der Waals surface area contributed by atoms with Crippen molar-refractivity contribution >= 4 is 22.1 Å². The molecule has 1 N–H and O–H groups in total. The molecule has 116 valence electrons. The Morgan fingerprint density at radius 1 is 0.542 bits per heavy atom. The van der Waals surface area contributed by atoms with E-state index in [1.807, 2.05) is 36.4 Å². The van der Waals surface area contributed by atoms with E-state index in [1.165, 1.54) is 22.9 Å². The first-order valence-electron chi connectivity index (χ1n) is 7.90. The molecule has 0 aliphatic rings. The van der Waals surface area contributed by atoms with E-state index in [1.54, 1.807) is 12.1 Å². The smallest absolute Gasteiger partial charge is 0.123 e. The molecular formula is C22H16FN. The molecule has 0 fully saturated rings. The van der Waals surface area contributed by atoms with Gasteiger partial charge in [0.2, 0.25) is 0 Å². The Hall–Kier alpha value is -3.13. The Morgan fingerprint density at radius 2 is 1.12 bits per heavy atom. The van der Waals surface area contributed by atoms with Gasteiger partial charge in [-0.05, 0) is 58.3 Å². The maximum Gasteiger partial charge on any atom is 0.123 e. The summed E-state index contributed by atoms with van der Waals surface area (Å²) in [5, 5.41) is 5.87. The highest BCUT2D eigenvalue weighted by molar-refractivity contribution is 5.86. The summed E-state index contributed by atoms with van der Waals surface area (Å²) in [6.07, 6.45) is 0. The molecule has 0 aromatic heterocycles. The van der Waals surface area contributed by atoms with Crippen molar-refractivity contribution in [2.45, 2.75) is 0 Å². The maximum absolute atomic E-state index is 13.0. The fourth-order valence-electron chi connectivity index (χ4n) is 2.82. The molecule has 4 aromatic rings. The van der Waals surface area contributed by atoms with Crippen LogP contribution >= 0.6 is 0 Å². The van der Waals surface area contributed by atoms with Gasteiger partial charge in [0.05, 0.1) is 0 Å². The van der Waals surface area contributed by atoms with E-state index in [0.717, 1.165) is 22.5 Å². The molecule has 0 saturated heterocycles. The monoisotopic (exact) mass is 313 g/mol. The second-order valence-corrected chi connectivity index (χ2v) is 5.77. The van der Waals surface area contributed by atoms with Gasteiger partial charge in [-0.2, -0.15) is 0 Å². The van der Waals surface area contributed by atoms with Gasteiger partial charge in [-0.1, -0.05) is 54.6 Å². The minimum Gasteiger partial charge on any atom is -0.356 e. The Labute approximate surface area is 140 Å². The van der Waals surface area contributed by atoms with Gasteiger partial charge in [0.15, 0.2) is 0 Å². The number of anilines is 2. The Morgan fingerprint density at radius 3 is 1.83 bits per heavy atom. The van der Waals surface area contributed by atoms with Gasteiger partial charge in [0.1, 0.15) is 5.82 Å². The third kappa shape index (κ3) is 2.99. The molecule has 0 bridgehead atoms. The Kier molecular flexibility index (Phi) is 3.72. The second-order valence-electron chi connectivity index (χ2n) is 5.77. The van der Waals surface area contributed by atoms with Crippen LogP contribution < -0.4 is 5.32 Å². The number of nitrogens with one attached hydrogen (secondary N) is 1. The highest BCUT2D eigenvalue weighted by atomic mass is 19.1. The van der Waals surface area contributed by atoms with E-state index >= 15 is 0 Å². The van der Waals surface area contributed by atoms with Crippen LogP contribution in [-0.4, -0.2) is 0 Å². The standard InChI is InChI=1S/C22H16FN/c23-20-10-5-17(6-11-20)18-7-12-21(13-8-18)24-22-14-9-16-3-1-2-4-19(16)15-22/h1-15,24H. The zero-order valence-electron chi connectivity index (χ0n) is 13.0. The van der Waals surface area contributed by atoms with E-state index in [4.69, 9.17) is 0 Å². The van der Waals surface area contributed by atoms with Crippen LogP contribution in [-0.2, 0) is 0 Å². The van der Waals surface area contributed by atoms with Crippen LogP contribution in [0.4, 0.5) is 15.8 Å². The number of fused-ring (bicyclic) bond motifs is 1. The summed E-state index contributed by atoms with van der Waals surface area (Å²) >= 11 is 0. The largest absolute Gasteiger partial charge is 0.356 e. The minimum absolute atomic E-state index is 0.214. The van der Waals surface area contributed by atoms with Gasteiger partial charge in [-0.3, -0.25) is 0 Å². The highest BCUT2D eigenvalue weighted by Crippen LogP contribution is 2.25. The minimum atomic E-state index is -0.214. The lowest BCUT2D eigenvalue weighted by atomic mass is 10.1. The van der Waals surface area contributed by atoms with E-state index in [0.29, 0.717) is 0 Å². The molecule has 0 aliphatic carbocycles. The number of halogens is 1. The van der Waals surface area contributed by atoms with Crippen molar-refractivity contribution in [1.29, 1.82) is 0 Å². The molecule has 0 aliphatic heterocycles. The van der Waals surface area contributed by atoms with Gasteiger partial charge >= 0.3 is 0 Å². The lowest BCUT2D eigenvalue weighted by Crippen LogP contribution is -1.90. The molecule has 0 spiro atoms. The lowest BCUT2D eigenvalue weighted by molar-refractivity contribution is 0.628. The number of rotatable bonds is 3. The van der Waals surface area contributed by atoms with Crippen LogP contribution in [0, 0.1) is 5.82 Å². The van der Waals surface area contributed by atoms with Gasteiger partial charge in [-0.15, -0.1) is 0 Å². The van der Waals surface area contributed by atoms with E-state index in [-0.39, 0.29) is 5.82 Å². The molecule has 0 radical (unpaired) electrons. The van der Waals surface area contributed by atoms with Crippen molar-refractivity contribution in [2.24, 2.45) is 0 Å². The molecular weight excluding hydrogens is 297 g/mol. The molecule has 4 rings (SSSR count). The number of benzene rings is 4. The summed E-state index contributed by atoms with van der Waals surface area (Å²) in [5.41, 5.74) is 4.16. The molecule has 0 saturated carbocycles. The predicted molar refractivity (Wildman–Crippen MR) is 99.1 cm³/mol. The number of hydrogen-bond acceptors (Lipinski definition) is 1. The van der Waals surface area contributed by atoms with Crippen molar-refractivity contribution in [3.05, 3.63) is 96.8 Å². The van der Waals surface area contributed by atoms with E-state index in [2.05, 4.69) is 35.6 Å². The summed E-state index contributed by atoms with van der Waals surface area (Å²) in [6, 6.07) is 29.3. The van der Waals surface area contributed by atoms with E-state index in [9.17, 15) is 4.39 Å². The molecule has 0 unspecified atom stereocenters. The topological polar surface area (TPSA) is 12.0 Å². The fourth-order valence-corrected chi connectivity index (χ4v) is 2.82. The van der Waals surface area contributed by atoms with Gasteiger partial charge < -0.3 is 5.32 Å². The summed E-state index contributed by atoms with van der Waals surface area (Å²) in [4.78, 5) is 0. The number of hydrogen-bond donors (Lipinski definition) is 1. The molecule has 0 heterocycles. The lowest BCUT2D eigenvalue weighted by Gasteiger charge is -2.09. The quantitative estimate of drug-likeness (QED) is 0.462. The third-order valence-corrected chi connectivity index (χ3v) is 4.10. The summed E-state index contributed by atoms with van der Waals surface area (Å²) in [6.45, 7) is 0. The average Bonchev–Trinajstić information content (AvgIpc) is 2.63. The molecule has 0 atom stereocenters. The van der Waals surface area contributed by atoms with Crippen LogP contribution in [0.15, 0.2) is 91.0 Å². The van der Waals surface area contributed by atoms with Gasteiger partial charge in [0.25, 0.3) is 0 Å². The molecule has 4 aromatic carbocycles.